The van der Waals surface area contributed by atoms with E-state index in [4.69, 9.17) is 9.15 Å². The SMILES string of the molecule is O=C(COc1ccc2c(c1)CCC(=O)N2)NC[C@H](c1ccco1)N1CCCCC1. The Balaban J connectivity index is 1.30. The molecule has 4 rings (SSSR count). The molecule has 1 atom stereocenters. The standard InChI is InChI=1S/C22H27N3O4/c26-21-9-6-16-13-17(7-8-18(16)24-21)29-15-22(27)23-14-19(20-5-4-12-28-20)25-10-2-1-3-11-25/h4-5,7-8,12-13,19H,1-3,6,9-11,14-15H2,(H,23,27)(H,24,26)/t19-/m1/s1. The highest BCUT2D eigenvalue weighted by molar-refractivity contribution is 5.94. The molecule has 7 nitrogen and oxygen atoms in total. The highest BCUT2D eigenvalue weighted by Crippen LogP contribution is 2.27. The molecule has 2 N–H and O–H groups in total. The number of nitrogens with one attached hydrogen (secondary N) is 2. The quantitative estimate of drug-likeness (QED) is 0.751. The van der Waals surface area contributed by atoms with Crippen molar-refractivity contribution in [1.29, 1.82) is 0 Å². The predicted octanol–water partition coefficient (Wildman–Crippen LogP) is 2.89. The van der Waals surface area contributed by atoms with Crippen molar-refractivity contribution in [3.63, 3.8) is 0 Å². The van der Waals surface area contributed by atoms with E-state index in [9.17, 15) is 9.59 Å². The maximum absolute atomic E-state index is 12.4. The second-order valence-corrected chi connectivity index (χ2v) is 7.59. The molecule has 0 radical (unpaired) electrons. The van der Waals surface area contributed by atoms with Crippen LogP contribution in [0.1, 0.15) is 43.0 Å². The summed E-state index contributed by atoms with van der Waals surface area (Å²) in [5, 5.41) is 5.83. The topological polar surface area (TPSA) is 83.8 Å². The van der Waals surface area contributed by atoms with Crippen molar-refractivity contribution in [2.75, 3.05) is 31.6 Å². The van der Waals surface area contributed by atoms with Crippen LogP contribution in [0.4, 0.5) is 5.69 Å². The summed E-state index contributed by atoms with van der Waals surface area (Å²) in [5.74, 6) is 1.38. The Hall–Kier alpha value is -2.80. The van der Waals surface area contributed by atoms with E-state index in [-0.39, 0.29) is 24.5 Å². The van der Waals surface area contributed by atoms with Crippen molar-refractivity contribution >= 4 is 17.5 Å². The second kappa shape index (κ2) is 9.13. The monoisotopic (exact) mass is 397 g/mol. The van der Waals surface area contributed by atoms with E-state index >= 15 is 0 Å². The fraction of sp³-hybridized carbons (Fsp3) is 0.455. The molecule has 0 spiro atoms. The number of benzene rings is 1. The summed E-state index contributed by atoms with van der Waals surface area (Å²) >= 11 is 0. The summed E-state index contributed by atoms with van der Waals surface area (Å²) in [4.78, 5) is 26.2. The molecule has 154 valence electrons. The smallest absolute Gasteiger partial charge is 0.258 e. The molecule has 2 aliphatic rings. The van der Waals surface area contributed by atoms with Crippen LogP contribution in [0.5, 0.6) is 5.75 Å². The highest BCUT2D eigenvalue weighted by Gasteiger charge is 2.25. The molecule has 0 unspecified atom stereocenters. The Bertz CT molecular complexity index is 844. The fourth-order valence-electron chi connectivity index (χ4n) is 3.98. The second-order valence-electron chi connectivity index (χ2n) is 7.59. The van der Waals surface area contributed by atoms with Crippen LogP contribution in [0.3, 0.4) is 0 Å². The zero-order chi connectivity index (χ0) is 20.1. The highest BCUT2D eigenvalue weighted by atomic mass is 16.5. The first kappa shape index (κ1) is 19.5. The summed E-state index contributed by atoms with van der Waals surface area (Å²) < 4.78 is 11.3. The van der Waals surface area contributed by atoms with E-state index in [1.54, 1.807) is 12.3 Å². The summed E-state index contributed by atoms with van der Waals surface area (Å²) in [6.07, 6.45) is 6.44. The van der Waals surface area contributed by atoms with Crippen molar-refractivity contribution in [1.82, 2.24) is 10.2 Å². The van der Waals surface area contributed by atoms with E-state index in [0.29, 0.717) is 25.1 Å². The van der Waals surface area contributed by atoms with Gasteiger partial charge in [0.25, 0.3) is 5.91 Å². The maximum Gasteiger partial charge on any atom is 0.258 e. The van der Waals surface area contributed by atoms with Crippen LogP contribution >= 0.6 is 0 Å². The van der Waals surface area contributed by atoms with Crippen LogP contribution in [-0.4, -0.2) is 43.0 Å². The summed E-state index contributed by atoms with van der Waals surface area (Å²) in [5.41, 5.74) is 1.85. The number of aryl methyl sites for hydroxylation is 1. The van der Waals surface area contributed by atoms with Crippen LogP contribution < -0.4 is 15.4 Å². The number of anilines is 1. The van der Waals surface area contributed by atoms with Crippen LogP contribution in [0.15, 0.2) is 41.0 Å². The van der Waals surface area contributed by atoms with Crippen LogP contribution in [0.2, 0.25) is 0 Å². The number of hydrogen-bond donors (Lipinski definition) is 2. The number of carbonyl (C=O) groups excluding carboxylic acids is 2. The molecule has 3 heterocycles. The fourth-order valence-corrected chi connectivity index (χ4v) is 3.98. The van der Waals surface area contributed by atoms with Crippen molar-refractivity contribution in [3.8, 4) is 5.75 Å². The molecule has 2 aromatic rings. The van der Waals surface area contributed by atoms with E-state index in [2.05, 4.69) is 15.5 Å². The molecule has 1 aromatic carbocycles. The van der Waals surface area contributed by atoms with Crippen LogP contribution in [-0.2, 0) is 16.0 Å². The van der Waals surface area contributed by atoms with E-state index < -0.39 is 0 Å². The van der Waals surface area contributed by atoms with Gasteiger partial charge >= 0.3 is 0 Å². The first-order valence-corrected chi connectivity index (χ1v) is 10.3. The van der Waals surface area contributed by atoms with Crippen molar-refractivity contribution < 1.29 is 18.7 Å². The average molecular weight is 397 g/mol. The third-order valence-electron chi connectivity index (χ3n) is 5.54. The number of furan rings is 1. The predicted molar refractivity (Wildman–Crippen MR) is 109 cm³/mol. The molecule has 1 fully saturated rings. The molecule has 29 heavy (non-hydrogen) atoms. The first-order chi connectivity index (χ1) is 14.2. The third kappa shape index (κ3) is 4.98. The van der Waals surface area contributed by atoms with E-state index in [1.165, 1.54) is 19.3 Å². The lowest BCUT2D eigenvalue weighted by molar-refractivity contribution is -0.123. The van der Waals surface area contributed by atoms with Gasteiger partial charge in [-0.15, -0.1) is 0 Å². The Kier molecular flexibility index (Phi) is 6.14. The number of likely N-dealkylation sites (tertiary alicyclic amines) is 1. The Morgan fingerprint density at radius 1 is 1.21 bits per heavy atom. The number of fused-ring (bicyclic) bond motifs is 1. The van der Waals surface area contributed by atoms with Crippen molar-refractivity contribution in [2.24, 2.45) is 0 Å². The van der Waals surface area contributed by atoms with E-state index in [1.807, 2.05) is 24.3 Å². The van der Waals surface area contributed by atoms with Gasteiger partial charge in [-0.05, 0) is 68.2 Å². The van der Waals surface area contributed by atoms with Gasteiger partial charge in [-0.2, -0.15) is 0 Å². The van der Waals surface area contributed by atoms with Gasteiger partial charge in [0.1, 0.15) is 11.5 Å². The van der Waals surface area contributed by atoms with Gasteiger partial charge < -0.3 is 19.8 Å². The van der Waals surface area contributed by atoms with Crippen LogP contribution in [0.25, 0.3) is 0 Å². The van der Waals surface area contributed by atoms with Gasteiger partial charge in [0.15, 0.2) is 6.61 Å². The number of ether oxygens (including phenoxy) is 1. The van der Waals surface area contributed by atoms with Crippen LogP contribution in [0, 0.1) is 0 Å². The number of nitrogens with zero attached hydrogens (tertiary/aromatic N) is 1. The number of carbonyl (C=O) groups is 2. The van der Waals surface area contributed by atoms with E-state index in [0.717, 1.165) is 30.1 Å². The molecular formula is C22H27N3O4. The maximum atomic E-state index is 12.4. The van der Waals surface area contributed by atoms with Crippen molar-refractivity contribution in [2.45, 2.75) is 38.1 Å². The average Bonchev–Trinajstić information content (AvgIpc) is 3.27. The molecule has 0 saturated carbocycles. The Morgan fingerprint density at radius 2 is 2.07 bits per heavy atom. The third-order valence-corrected chi connectivity index (χ3v) is 5.54. The number of rotatable bonds is 7. The molecular weight excluding hydrogens is 370 g/mol. The Morgan fingerprint density at radius 3 is 2.86 bits per heavy atom. The largest absolute Gasteiger partial charge is 0.484 e. The van der Waals surface area contributed by atoms with Gasteiger partial charge in [0.2, 0.25) is 5.91 Å². The Labute approximate surface area is 170 Å². The van der Waals surface area contributed by atoms with Gasteiger partial charge in [-0.3, -0.25) is 14.5 Å². The lowest BCUT2D eigenvalue weighted by Gasteiger charge is -2.33. The molecule has 0 aliphatic carbocycles. The zero-order valence-electron chi connectivity index (χ0n) is 16.5. The first-order valence-electron chi connectivity index (χ1n) is 10.3. The summed E-state index contributed by atoms with van der Waals surface area (Å²) in [6, 6.07) is 9.38. The summed E-state index contributed by atoms with van der Waals surface area (Å²) in [6.45, 7) is 2.48. The van der Waals surface area contributed by atoms with Gasteiger partial charge in [0, 0.05) is 18.7 Å². The molecule has 7 heteroatoms. The molecule has 0 bridgehead atoms. The lowest BCUT2D eigenvalue weighted by atomic mass is 10.0. The molecule has 2 amide bonds. The minimum absolute atomic E-state index is 0.0327. The molecule has 2 aliphatic heterocycles. The van der Waals surface area contributed by atoms with Crippen molar-refractivity contribution in [3.05, 3.63) is 47.9 Å². The lowest BCUT2D eigenvalue weighted by Crippen LogP contribution is -2.41. The minimum atomic E-state index is -0.162. The zero-order valence-corrected chi connectivity index (χ0v) is 16.5. The molecule has 1 saturated heterocycles. The normalized spacial score (nSPS) is 17.9. The minimum Gasteiger partial charge on any atom is -0.484 e. The number of amides is 2. The number of piperidine rings is 1. The van der Waals surface area contributed by atoms with Gasteiger partial charge in [-0.1, -0.05) is 6.42 Å². The molecule has 1 aromatic heterocycles. The van der Waals surface area contributed by atoms with Gasteiger partial charge in [0.05, 0.1) is 12.3 Å². The van der Waals surface area contributed by atoms with Gasteiger partial charge in [-0.25, -0.2) is 0 Å². The summed E-state index contributed by atoms with van der Waals surface area (Å²) in [7, 11) is 0. The number of hydrogen-bond acceptors (Lipinski definition) is 5.